The Morgan fingerprint density at radius 1 is 0.704 bits per heavy atom. The predicted molar refractivity (Wildman–Crippen MR) is 113 cm³/mol. The monoisotopic (exact) mass is 386 g/mol. The third-order valence-electron chi connectivity index (χ3n) is 5.70. The molecule has 5 atom stereocenters. The molecule has 3 N–H and O–H groups in total. The number of rotatable bonds is 17. The molecule has 4 heteroatoms. The molecule has 0 saturated carbocycles. The van der Waals surface area contributed by atoms with E-state index in [2.05, 4.69) is 27.7 Å². The van der Waals surface area contributed by atoms with Gasteiger partial charge in [-0.2, -0.15) is 0 Å². The molecule has 0 rings (SSSR count). The lowest BCUT2D eigenvalue weighted by Crippen LogP contribution is -2.37. The average Bonchev–Trinajstić information content (AvgIpc) is 2.59. The quantitative estimate of drug-likeness (QED) is 0.337. The van der Waals surface area contributed by atoms with Gasteiger partial charge in [0, 0.05) is 6.42 Å². The van der Waals surface area contributed by atoms with Crippen molar-refractivity contribution in [3.8, 4) is 0 Å². The summed E-state index contributed by atoms with van der Waals surface area (Å²) in [4.78, 5) is 11.8. The summed E-state index contributed by atoms with van der Waals surface area (Å²) in [5, 5.41) is 27.7. The standard InChI is InChI=1S/C23H46O4/c1-17(2)9-6-10-18(3)11-7-12-19(4)13-8-14-20(5)15-21(25)23(27)22(26)16-24/h17-20,22-24,26-27H,6-16H2,1-5H3. The molecule has 0 heterocycles. The van der Waals surface area contributed by atoms with Crippen LogP contribution in [0.1, 0.15) is 98.8 Å². The fourth-order valence-corrected chi connectivity index (χ4v) is 3.67. The molecular formula is C23H46O4. The molecule has 0 saturated heterocycles. The van der Waals surface area contributed by atoms with E-state index < -0.39 is 18.8 Å². The number of ketones is 1. The predicted octanol–water partition coefficient (Wildman–Crippen LogP) is 4.73. The van der Waals surface area contributed by atoms with Crippen molar-refractivity contribution in [3.05, 3.63) is 0 Å². The lowest BCUT2D eigenvalue weighted by atomic mass is 9.90. The van der Waals surface area contributed by atoms with Crippen LogP contribution in [0, 0.1) is 23.7 Å². The van der Waals surface area contributed by atoms with Crippen LogP contribution in [0.15, 0.2) is 0 Å². The van der Waals surface area contributed by atoms with Gasteiger partial charge < -0.3 is 15.3 Å². The second kappa shape index (κ2) is 15.5. The molecule has 0 aromatic carbocycles. The first-order valence-corrected chi connectivity index (χ1v) is 11.2. The Bertz CT molecular complexity index is 369. The number of carbonyl (C=O) groups excluding carboxylic acids is 1. The lowest BCUT2D eigenvalue weighted by Gasteiger charge is -2.18. The topological polar surface area (TPSA) is 77.8 Å². The van der Waals surface area contributed by atoms with Crippen LogP contribution < -0.4 is 0 Å². The van der Waals surface area contributed by atoms with Gasteiger partial charge in [-0.05, 0) is 23.7 Å². The van der Waals surface area contributed by atoms with Crippen molar-refractivity contribution in [1.29, 1.82) is 0 Å². The van der Waals surface area contributed by atoms with Crippen molar-refractivity contribution in [2.24, 2.45) is 23.7 Å². The molecule has 162 valence electrons. The molecule has 0 radical (unpaired) electrons. The molecule has 0 bridgehead atoms. The van der Waals surface area contributed by atoms with Gasteiger partial charge in [0.05, 0.1) is 6.61 Å². The van der Waals surface area contributed by atoms with Crippen LogP contribution in [0.3, 0.4) is 0 Å². The van der Waals surface area contributed by atoms with Crippen molar-refractivity contribution in [2.45, 2.75) is 111 Å². The van der Waals surface area contributed by atoms with E-state index >= 15 is 0 Å². The molecule has 0 aliphatic carbocycles. The van der Waals surface area contributed by atoms with E-state index in [1.54, 1.807) is 0 Å². The zero-order valence-corrected chi connectivity index (χ0v) is 18.5. The van der Waals surface area contributed by atoms with Crippen molar-refractivity contribution in [1.82, 2.24) is 0 Å². The maximum Gasteiger partial charge on any atom is 0.164 e. The highest BCUT2D eigenvalue weighted by molar-refractivity contribution is 5.83. The van der Waals surface area contributed by atoms with Crippen LogP contribution in [0.2, 0.25) is 0 Å². The van der Waals surface area contributed by atoms with Crippen LogP contribution in [-0.2, 0) is 4.79 Å². The summed E-state index contributed by atoms with van der Waals surface area (Å²) in [6, 6.07) is 0. The first-order valence-electron chi connectivity index (χ1n) is 11.2. The highest BCUT2D eigenvalue weighted by atomic mass is 16.4. The van der Waals surface area contributed by atoms with Crippen LogP contribution >= 0.6 is 0 Å². The van der Waals surface area contributed by atoms with E-state index in [1.165, 1.54) is 44.9 Å². The van der Waals surface area contributed by atoms with Gasteiger partial charge in [0.1, 0.15) is 12.2 Å². The normalized spacial score (nSPS) is 17.5. The maximum absolute atomic E-state index is 11.8. The number of hydrogen-bond donors (Lipinski definition) is 3. The molecule has 0 aromatic heterocycles. The summed E-state index contributed by atoms with van der Waals surface area (Å²) < 4.78 is 0. The zero-order valence-electron chi connectivity index (χ0n) is 18.5. The molecule has 0 fully saturated rings. The van der Waals surface area contributed by atoms with Gasteiger partial charge in [-0.15, -0.1) is 0 Å². The van der Waals surface area contributed by atoms with Gasteiger partial charge in [0.15, 0.2) is 5.78 Å². The second-order valence-corrected chi connectivity index (χ2v) is 9.37. The van der Waals surface area contributed by atoms with Gasteiger partial charge in [0.25, 0.3) is 0 Å². The average molecular weight is 387 g/mol. The van der Waals surface area contributed by atoms with Crippen LogP contribution in [0.5, 0.6) is 0 Å². The third kappa shape index (κ3) is 14.2. The molecule has 0 aliphatic heterocycles. The van der Waals surface area contributed by atoms with E-state index in [4.69, 9.17) is 5.11 Å². The smallest absolute Gasteiger partial charge is 0.164 e. The van der Waals surface area contributed by atoms with E-state index in [0.717, 1.165) is 30.6 Å². The number of carbonyl (C=O) groups is 1. The number of aliphatic hydroxyl groups is 3. The summed E-state index contributed by atoms with van der Waals surface area (Å²) >= 11 is 0. The Morgan fingerprint density at radius 3 is 1.52 bits per heavy atom. The zero-order chi connectivity index (χ0) is 20.8. The summed E-state index contributed by atoms with van der Waals surface area (Å²) in [5.74, 6) is 2.20. The second-order valence-electron chi connectivity index (χ2n) is 9.37. The minimum absolute atomic E-state index is 0.200. The fraction of sp³-hybridized carbons (Fsp3) is 0.957. The largest absolute Gasteiger partial charge is 0.394 e. The third-order valence-corrected chi connectivity index (χ3v) is 5.70. The highest BCUT2D eigenvalue weighted by Crippen LogP contribution is 2.23. The minimum atomic E-state index is -1.46. The van der Waals surface area contributed by atoms with Crippen molar-refractivity contribution in [2.75, 3.05) is 6.61 Å². The molecule has 27 heavy (non-hydrogen) atoms. The SMILES string of the molecule is CC(C)CCCC(C)CCCC(C)CCCC(C)CC(=O)C(O)C(O)CO. The molecule has 4 nitrogen and oxygen atoms in total. The van der Waals surface area contributed by atoms with Crippen LogP contribution in [-0.4, -0.2) is 39.9 Å². The molecule has 5 unspecified atom stereocenters. The molecule has 0 amide bonds. The maximum atomic E-state index is 11.8. The summed E-state index contributed by atoms with van der Waals surface area (Å²) in [5.41, 5.74) is 0. The Hall–Kier alpha value is -0.450. The molecule has 0 aromatic rings. The van der Waals surface area contributed by atoms with Gasteiger partial charge in [-0.25, -0.2) is 0 Å². The summed E-state index contributed by atoms with van der Waals surface area (Å²) in [6.45, 7) is 10.7. The molecular weight excluding hydrogens is 340 g/mol. The number of hydrogen-bond acceptors (Lipinski definition) is 4. The van der Waals surface area contributed by atoms with Gasteiger partial charge in [0.2, 0.25) is 0 Å². The van der Waals surface area contributed by atoms with Gasteiger partial charge in [-0.3, -0.25) is 4.79 Å². The Morgan fingerprint density at radius 2 is 1.11 bits per heavy atom. The summed E-state index contributed by atoms with van der Waals surface area (Å²) in [6.07, 6.45) is 8.66. The Kier molecular flexibility index (Phi) is 15.2. The van der Waals surface area contributed by atoms with Crippen LogP contribution in [0.25, 0.3) is 0 Å². The molecule has 0 spiro atoms. The first-order chi connectivity index (χ1) is 12.7. The number of Topliss-reactive ketones (excluding diaryl/α,β-unsaturated/α-hetero) is 1. The number of aliphatic hydroxyl groups excluding tert-OH is 3. The first kappa shape index (κ1) is 26.6. The highest BCUT2D eigenvalue weighted by Gasteiger charge is 2.24. The van der Waals surface area contributed by atoms with Crippen molar-refractivity contribution in [3.63, 3.8) is 0 Å². The minimum Gasteiger partial charge on any atom is -0.394 e. The Balaban J connectivity index is 3.78. The van der Waals surface area contributed by atoms with Gasteiger partial charge >= 0.3 is 0 Å². The van der Waals surface area contributed by atoms with E-state index in [1.807, 2.05) is 6.92 Å². The fourth-order valence-electron chi connectivity index (χ4n) is 3.67. The molecule has 0 aliphatic rings. The van der Waals surface area contributed by atoms with Crippen molar-refractivity contribution < 1.29 is 20.1 Å². The van der Waals surface area contributed by atoms with Crippen molar-refractivity contribution >= 4 is 5.78 Å². The van der Waals surface area contributed by atoms with E-state index in [0.29, 0.717) is 0 Å². The van der Waals surface area contributed by atoms with Gasteiger partial charge in [-0.1, -0.05) is 92.4 Å². The van der Waals surface area contributed by atoms with E-state index in [-0.39, 0.29) is 18.1 Å². The Labute approximate surface area is 167 Å². The lowest BCUT2D eigenvalue weighted by molar-refractivity contribution is -0.135. The summed E-state index contributed by atoms with van der Waals surface area (Å²) in [7, 11) is 0. The van der Waals surface area contributed by atoms with E-state index in [9.17, 15) is 15.0 Å². The van der Waals surface area contributed by atoms with Crippen LogP contribution in [0.4, 0.5) is 0 Å².